The van der Waals surface area contributed by atoms with E-state index in [-0.39, 0.29) is 12.5 Å². The Bertz CT molecular complexity index is 169. The van der Waals surface area contributed by atoms with E-state index in [0.717, 1.165) is 19.3 Å². The number of rotatable bonds is 2. The van der Waals surface area contributed by atoms with Gasteiger partial charge in [0.2, 0.25) is 0 Å². The molecule has 0 aromatic carbocycles. The largest absolute Gasteiger partial charge is 0.481 e. The highest BCUT2D eigenvalue weighted by Crippen LogP contribution is 2.42. The van der Waals surface area contributed by atoms with Gasteiger partial charge in [-0.15, -0.1) is 0 Å². The van der Waals surface area contributed by atoms with E-state index in [4.69, 9.17) is 10.8 Å². The van der Waals surface area contributed by atoms with Crippen molar-refractivity contribution >= 4 is 5.97 Å². The van der Waals surface area contributed by atoms with E-state index in [1.807, 2.05) is 6.92 Å². The maximum absolute atomic E-state index is 10.9. The van der Waals surface area contributed by atoms with Gasteiger partial charge in [-0.05, 0) is 18.8 Å². The molecule has 3 N–H and O–H groups in total. The highest BCUT2D eigenvalue weighted by Gasteiger charge is 2.45. The summed E-state index contributed by atoms with van der Waals surface area (Å²) in [6.07, 6.45) is 2.76. The summed E-state index contributed by atoms with van der Waals surface area (Å²) in [5.74, 6) is -0.477. The monoisotopic (exact) mass is 157 g/mol. The molecule has 1 rings (SSSR count). The fourth-order valence-corrected chi connectivity index (χ4v) is 1.95. The Morgan fingerprint density at radius 3 is 2.64 bits per heavy atom. The number of carbonyl (C=O) groups is 1. The minimum Gasteiger partial charge on any atom is -0.481 e. The molecule has 3 heteroatoms. The van der Waals surface area contributed by atoms with Gasteiger partial charge in [-0.1, -0.05) is 13.3 Å². The van der Waals surface area contributed by atoms with Gasteiger partial charge in [0.1, 0.15) is 0 Å². The molecule has 64 valence electrons. The van der Waals surface area contributed by atoms with Crippen LogP contribution in [0.5, 0.6) is 0 Å². The van der Waals surface area contributed by atoms with Crippen molar-refractivity contribution in [2.24, 2.45) is 17.1 Å². The van der Waals surface area contributed by atoms with Crippen molar-refractivity contribution in [3.05, 3.63) is 0 Å². The molecule has 0 aliphatic heterocycles. The average molecular weight is 157 g/mol. The van der Waals surface area contributed by atoms with Crippen molar-refractivity contribution in [3.63, 3.8) is 0 Å². The van der Waals surface area contributed by atoms with Gasteiger partial charge in [-0.2, -0.15) is 0 Å². The van der Waals surface area contributed by atoms with E-state index in [1.165, 1.54) is 0 Å². The van der Waals surface area contributed by atoms with Gasteiger partial charge in [-0.3, -0.25) is 4.79 Å². The van der Waals surface area contributed by atoms with E-state index in [2.05, 4.69) is 0 Å². The van der Waals surface area contributed by atoms with Crippen LogP contribution in [-0.2, 0) is 4.79 Å². The van der Waals surface area contributed by atoms with Gasteiger partial charge < -0.3 is 10.8 Å². The SMILES string of the molecule is CC1CCCC1(CN)C(=O)O. The fourth-order valence-electron chi connectivity index (χ4n) is 1.95. The third-order valence-electron chi connectivity index (χ3n) is 2.99. The van der Waals surface area contributed by atoms with Gasteiger partial charge >= 0.3 is 5.97 Å². The van der Waals surface area contributed by atoms with Gasteiger partial charge in [0, 0.05) is 6.54 Å². The summed E-state index contributed by atoms with van der Waals surface area (Å²) >= 11 is 0. The topological polar surface area (TPSA) is 63.3 Å². The predicted molar refractivity (Wildman–Crippen MR) is 42.1 cm³/mol. The quantitative estimate of drug-likeness (QED) is 0.624. The second-order valence-corrected chi connectivity index (χ2v) is 3.46. The zero-order valence-electron chi connectivity index (χ0n) is 6.84. The summed E-state index contributed by atoms with van der Waals surface area (Å²) in [5, 5.41) is 8.95. The number of aliphatic carboxylic acids is 1. The molecule has 1 fully saturated rings. The van der Waals surface area contributed by atoms with Crippen molar-refractivity contribution < 1.29 is 9.90 Å². The zero-order valence-corrected chi connectivity index (χ0v) is 6.84. The van der Waals surface area contributed by atoms with E-state index >= 15 is 0 Å². The Morgan fingerprint density at radius 1 is 1.82 bits per heavy atom. The maximum Gasteiger partial charge on any atom is 0.311 e. The van der Waals surface area contributed by atoms with E-state index < -0.39 is 11.4 Å². The van der Waals surface area contributed by atoms with Crippen molar-refractivity contribution in [1.29, 1.82) is 0 Å². The first-order valence-corrected chi connectivity index (χ1v) is 4.07. The maximum atomic E-state index is 10.9. The lowest BCUT2D eigenvalue weighted by atomic mass is 9.79. The van der Waals surface area contributed by atoms with Crippen molar-refractivity contribution in [1.82, 2.24) is 0 Å². The molecule has 2 atom stereocenters. The summed E-state index contributed by atoms with van der Waals surface area (Å²) in [5.41, 5.74) is 4.87. The third-order valence-corrected chi connectivity index (χ3v) is 2.99. The predicted octanol–water partition coefficient (Wildman–Crippen LogP) is 0.836. The molecule has 0 aromatic heterocycles. The molecule has 1 saturated carbocycles. The molecule has 0 bridgehead atoms. The number of hydrogen-bond donors (Lipinski definition) is 2. The molecule has 0 heterocycles. The van der Waals surface area contributed by atoms with E-state index in [0.29, 0.717) is 0 Å². The van der Waals surface area contributed by atoms with Crippen LogP contribution in [0.25, 0.3) is 0 Å². The molecular weight excluding hydrogens is 142 g/mol. The van der Waals surface area contributed by atoms with Crippen LogP contribution in [0.1, 0.15) is 26.2 Å². The van der Waals surface area contributed by atoms with Crippen molar-refractivity contribution in [2.45, 2.75) is 26.2 Å². The van der Waals surface area contributed by atoms with Gasteiger partial charge in [0.25, 0.3) is 0 Å². The van der Waals surface area contributed by atoms with Crippen molar-refractivity contribution in [2.75, 3.05) is 6.54 Å². The molecule has 0 aromatic rings. The van der Waals surface area contributed by atoms with Crippen LogP contribution in [0.4, 0.5) is 0 Å². The Balaban J connectivity index is 2.82. The third kappa shape index (κ3) is 1.13. The van der Waals surface area contributed by atoms with Gasteiger partial charge in [0.05, 0.1) is 5.41 Å². The molecule has 1 aliphatic rings. The lowest BCUT2D eigenvalue weighted by Crippen LogP contribution is -2.40. The number of hydrogen-bond acceptors (Lipinski definition) is 2. The van der Waals surface area contributed by atoms with Crippen LogP contribution in [0.3, 0.4) is 0 Å². The number of carboxylic acid groups (broad SMARTS) is 1. The van der Waals surface area contributed by atoms with Gasteiger partial charge in [-0.25, -0.2) is 0 Å². The number of carboxylic acids is 1. The summed E-state index contributed by atoms with van der Waals surface area (Å²) in [4.78, 5) is 10.9. The second-order valence-electron chi connectivity index (χ2n) is 3.46. The summed E-state index contributed by atoms with van der Waals surface area (Å²) in [7, 11) is 0. The molecule has 0 saturated heterocycles. The molecule has 2 unspecified atom stereocenters. The van der Waals surface area contributed by atoms with Crippen LogP contribution in [0.2, 0.25) is 0 Å². The lowest BCUT2D eigenvalue weighted by molar-refractivity contribution is -0.150. The lowest BCUT2D eigenvalue weighted by Gasteiger charge is -2.26. The molecule has 3 nitrogen and oxygen atoms in total. The first-order valence-electron chi connectivity index (χ1n) is 4.07. The highest BCUT2D eigenvalue weighted by molar-refractivity contribution is 5.75. The fraction of sp³-hybridized carbons (Fsp3) is 0.875. The van der Waals surface area contributed by atoms with E-state index in [1.54, 1.807) is 0 Å². The molecule has 0 amide bonds. The zero-order chi connectivity index (χ0) is 8.48. The molecule has 0 radical (unpaired) electrons. The summed E-state index contributed by atoms with van der Waals surface area (Å²) < 4.78 is 0. The summed E-state index contributed by atoms with van der Waals surface area (Å²) in [6, 6.07) is 0. The first-order chi connectivity index (χ1) is 5.13. The molecule has 11 heavy (non-hydrogen) atoms. The average Bonchev–Trinajstić information content (AvgIpc) is 2.32. The standard InChI is InChI=1S/C8H15NO2/c1-6-3-2-4-8(6,5-9)7(10)11/h6H,2-5,9H2,1H3,(H,10,11). The normalized spacial score (nSPS) is 37.5. The van der Waals surface area contributed by atoms with Crippen molar-refractivity contribution in [3.8, 4) is 0 Å². The summed E-state index contributed by atoms with van der Waals surface area (Å²) in [6.45, 7) is 2.26. The molecular formula is C8H15NO2. The Kier molecular flexibility index (Phi) is 2.18. The number of nitrogens with two attached hydrogens (primary N) is 1. The van der Waals surface area contributed by atoms with Crippen LogP contribution >= 0.6 is 0 Å². The Labute approximate surface area is 66.6 Å². The van der Waals surface area contributed by atoms with Crippen LogP contribution in [0, 0.1) is 11.3 Å². The van der Waals surface area contributed by atoms with Gasteiger partial charge in [0.15, 0.2) is 0 Å². The van der Waals surface area contributed by atoms with Crippen LogP contribution in [0.15, 0.2) is 0 Å². The van der Waals surface area contributed by atoms with Crippen LogP contribution in [-0.4, -0.2) is 17.6 Å². The second kappa shape index (κ2) is 2.81. The van der Waals surface area contributed by atoms with E-state index in [9.17, 15) is 4.79 Å². The first kappa shape index (κ1) is 8.53. The Hall–Kier alpha value is -0.570. The molecule has 0 spiro atoms. The minimum absolute atomic E-state index is 0.241. The van der Waals surface area contributed by atoms with Crippen LogP contribution < -0.4 is 5.73 Å². The smallest absolute Gasteiger partial charge is 0.311 e. The molecule has 1 aliphatic carbocycles. The highest BCUT2D eigenvalue weighted by atomic mass is 16.4. The minimum atomic E-state index is -0.718. The Morgan fingerprint density at radius 2 is 2.45 bits per heavy atom.